The van der Waals surface area contributed by atoms with Crippen molar-refractivity contribution in [1.29, 1.82) is 5.53 Å². The highest BCUT2D eigenvalue weighted by molar-refractivity contribution is 5.26. The van der Waals surface area contributed by atoms with Gasteiger partial charge in [-0.2, -0.15) is 5.11 Å². The van der Waals surface area contributed by atoms with Crippen LogP contribution in [0.4, 0.5) is 0 Å². The Labute approximate surface area is 60.5 Å². The van der Waals surface area contributed by atoms with Crippen molar-refractivity contribution in [2.24, 2.45) is 11.0 Å². The lowest BCUT2D eigenvalue weighted by molar-refractivity contribution is 0.940. The molecule has 1 atom stereocenters. The summed E-state index contributed by atoms with van der Waals surface area (Å²) in [5.41, 5.74) is 7.44. The summed E-state index contributed by atoms with van der Waals surface area (Å²) in [5.74, 6) is 0.454. The van der Waals surface area contributed by atoms with Crippen LogP contribution in [-0.2, 0) is 0 Å². The smallest absolute Gasteiger partial charge is 0.0846 e. The third kappa shape index (κ3) is 1.65. The Hall–Kier alpha value is -1.18. The maximum Gasteiger partial charge on any atom is 0.0846 e. The first-order valence-electron chi connectivity index (χ1n) is 3.27. The minimum absolute atomic E-state index is 0.454. The summed E-state index contributed by atoms with van der Waals surface area (Å²) >= 11 is 0. The van der Waals surface area contributed by atoms with Crippen molar-refractivity contribution in [3.8, 4) is 0 Å². The summed E-state index contributed by atoms with van der Waals surface area (Å²) in [6.07, 6.45) is 9.70. The molecule has 0 saturated carbocycles. The van der Waals surface area contributed by atoms with Crippen LogP contribution >= 0.6 is 0 Å². The van der Waals surface area contributed by atoms with Crippen molar-refractivity contribution in [2.75, 3.05) is 0 Å². The van der Waals surface area contributed by atoms with Crippen molar-refractivity contribution >= 4 is 0 Å². The van der Waals surface area contributed by atoms with E-state index in [9.17, 15) is 0 Å². The van der Waals surface area contributed by atoms with E-state index in [-0.39, 0.29) is 0 Å². The summed E-state index contributed by atoms with van der Waals surface area (Å²) < 4.78 is 0. The fourth-order valence-electron chi connectivity index (χ4n) is 0.774. The van der Waals surface area contributed by atoms with Gasteiger partial charge in [0.05, 0.1) is 5.70 Å². The zero-order chi connectivity index (χ0) is 7.40. The highest BCUT2D eigenvalue weighted by Crippen LogP contribution is 2.09. The van der Waals surface area contributed by atoms with Crippen LogP contribution in [0.15, 0.2) is 41.2 Å². The van der Waals surface area contributed by atoms with Crippen LogP contribution in [0, 0.1) is 11.4 Å². The summed E-state index contributed by atoms with van der Waals surface area (Å²) in [6, 6.07) is 0. The molecule has 52 valence electrons. The fraction of sp³-hybridized carbons (Fsp3) is 0.250. The molecule has 1 unspecified atom stereocenters. The van der Waals surface area contributed by atoms with Crippen molar-refractivity contribution in [2.45, 2.75) is 6.92 Å². The molecule has 2 heteroatoms. The van der Waals surface area contributed by atoms with Crippen molar-refractivity contribution < 1.29 is 0 Å². The number of hydrogen-bond donors (Lipinski definition) is 1. The zero-order valence-electron chi connectivity index (χ0n) is 5.91. The van der Waals surface area contributed by atoms with E-state index in [1.54, 1.807) is 0 Å². The van der Waals surface area contributed by atoms with Gasteiger partial charge in [0.2, 0.25) is 0 Å². The Balaban J connectivity index is 2.80. The van der Waals surface area contributed by atoms with Gasteiger partial charge < -0.3 is 0 Å². The average Bonchev–Trinajstić information content (AvgIpc) is 2.14. The third-order valence-electron chi connectivity index (χ3n) is 1.38. The molecule has 10 heavy (non-hydrogen) atoms. The fourth-order valence-corrected chi connectivity index (χ4v) is 0.774. The second kappa shape index (κ2) is 3.11. The largest absolute Gasteiger partial charge is 0.204 e. The van der Waals surface area contributed by atoms with E-state index in [4.69, 9.17) is 5.53 Å². The Morgan fingerprint density at radius 2 is 2.30 bits per heavy atom. The van der Waals surface area contributed by atoms with Crippen LogP contribution in [0.3, 0.4) is 0 Å². The molecule has 0 aromatic carbocycles. The van der Waals surface area contributed by atoms with Gasteiger partial charge in [-0.3, -0.25) is 0 Å². The Morgan fingerprint density at radius 1 is 1.50 bits per heavy atom. The zero-order valence-corrected chi connectivity index (χ0v) is 5.91. The molecule has 0 aliphatic heterocycles. The SMILES string of the molecule is CC1C=CC=C(N=N)C=C1. The van der Waals surface area contributed by atoms with Crippen molar-refractivity contribution in [1.82, 2.24) is 0 Å². The maximum atomic E-state index is 6.73. The Bertz CT molecular complexity index is 211. The molecule has 1 N–H and O–H groups in total. The lowest BCUT2D eigenvalue weighted by atomic mass is 10.2. The molecule has 1 rings (SSSR count). The first kappa shape index (κ1) is 6.93. The molecule has 0 bridgehead atoms. The van der Waals surface area contributed by atoms with E-state index in [1.807, 2.05) is 24.3 Å². The number of allylic oxidation sites excluding steroid dienone is 5. The molecule has 2 nitrogen and oxygen atoms in total. The molecule has 0 heterocycles. The second-order valence-corrected chi connectivity index (χ2v) is 2.31. The van der Waals surface area contributed by atoms with Crippen LogP contribution < -0.4 is 0 Å². The van der Waals surface area contributed by atoms with Crippen LogP contribution in [0.5, 0.6) is 0 Å². The number of rotatable bonds is 1. The molecular formula is C8H10N2. The summed E-state index contributed by atoms with van der Waals surface area (Å²) in [7, 11) is 0. The van der Waals surface area contributed by atoms with E-state index >= 15 is 0 Å². The van der Waals surface area contributed by atoms with Gasteiger partial charge in [-0.05, 0) is 18.1 Å². The Morgan fingerprint density at radius 3 is 3.00 bits per heavy atom. The summed E-state index contributed by atoms with van der Waals surface area (Å²) in [4.78, 5) is 0. The van der Waals surface area contributed by atoms with Crippen molar-refractivity contribution in [3.05, 3.63) is 36.1 Å². The molecule has 0 aromatic rings. The maximum absolute atomic E-state index is 6.73. The van der Waals surface area contributed by atoms with Crippen molar-refractivity contribution in [3.63, 3.8) is 0 Å². The van der Waals surface area contributed by atoms with E-state index < -0.39 is 0 Å². The predicted molar refractivity (Wildman–Crippen MR) is 40.7 cm³/mol. The molecule has 0 saturated heterocycles. The van der Waals surface area contributed by atoms with Gasteiger partial charge in [-0.15, -0.1) is 0 Å². The van der Waals surface area contributed by atoms with Gasteiger partial charge in [-0.1, -0.05) is 25.2 Å². The monoisotopic (exact) mass is 134 g/mol. The molecule has 0 spiro atoms. The van der Waals surface area contributed by atoms with Crippen LogP contribution in [0.25, 0.3) is 0 Å². The molecule has 0 radical (unpaired) electrons. The van der Waals surface area contributed by atoms with Crippen LogP contribution in [0.2, 0.25) is 0 Å². The highest BCUT2D eigenvalue weighted by Gasteiger charge is 1.93. The molecule has 0 amide bonds. The highest BCUT2D eigenvalue weighted by atomic mass is 15.0. The minimum atomic E-state index is 0.454. The molecule has 1 aliphatic carbocycles. The van der Waals surface area contributed by atoms with Gasteiger partial charge in [-0.25, -0.2) is 5.53 Å². The first-order chi connectivity index (χ1) is 4.83. The number of nitrogens with zero attached hydrogens (tertiary/aromatic N) is 1. The Kier molecular flexibility index (Phi) is 2.15. The van der Waals surface area contributed by atoms with E-state index in [0.29, 0.717) is 11.6 Å². The van der Waals surface area contributed by atoms with E-state index in [0.717, 1.165) is 0 Å². The van der Waals surface area contributed by atoms with Crippen LogP contribution in [0.1, 0.15) is 6.92 Å². The number of hydrogen-bond acceptors (Lipinski definition) is 2. The topological polar surface area (TPSA) is 36.2 Å². The summed E-state index contributed by atoms with van der Waals surface area (Å²) in [5, 5.41) is 3.32. The van der Waals surface area contributed by atoms with Gasteiger partial charge in [0, 0.05) is 0 Å². The van der Waals surface area contributed by atoms with E-state index in [1.165, 1.54) is 0 Å². The van der Waals surface area contributed by atoms with Gasteiger partial charge in [0.25, 0.3) is 0 Å². The normalized spacial score (nSPS) is 23.7. The lowest BCUT2D eigenvalue weighted by Gasteiger charge is -1.91. The third-order valence-corrected chi connectivity index (χ3v) is 1.38. The first-order valence-corrected chi connectivity index (χ1v) is 3.27. The molecule has 1 aliphatic rings. The molecule has 0 aromatic heterocycles. The standard InChI is InChI=1S/C8H10N2/c1-7-3-2-4-8(10-9)6-5-7/h2-7,9H,1H3. The minimum Gasteiger partial charge on any atom is -0.204 e. The van der Waals surface area contributed by atoms with E-state index in [2.05, 4.69) is 18.1 Å². The van der Waals surface area contributed by atoms with Gasteiger partial charge in [0.1, 0.15) is 0 Å². The molecule has 0 fully saturated rings. The number of nitrogens with one attached hydrogen (secondary N) is 1. The second-order valence-electron chi connectivity index (χ2n) is 2.31. The molecular weight excluding hydrogens is 124 g/mol. The lowest BCUT2D eigenvalue weighted by Crippen LogP contribution is -1.78. The van der Waals surface area contributed by atoms with Gasteiger partial charge >= 0.3 is 0 Å². The average molecular weight is 134 g/mol. The predicted octanol–water partition coefficient (Wildman–Crippen LogP) is 2.66. The van der Waals surface area contributed by atoms with Crippen LogP contribution in [-0.4, -0.2) is 0 Å². The summed E-state index contributed by atoms with van der Waals surface area (Å²) in [6.45, 7) is 2.09. The van der Waals surface area contributed by atoms with Gasteiger partial charge in [0.15, 0.2) is 0 Å². The quantitative estimate of drug-likeness (QED) is 0.535.